The number of halogens is 3. The fraction of sp³-hybridized carbons (Fsp3) is 0.167. The Kier molecular flexibility index (Phi) is 4.42. The van der Waals surface area contributed by atoms with Gasteiger partial charge in [0.25, 0.3) is 0 Å². The van der Waals surface area contributed by atoms with Crippen molar-refractivity contribution in [3.8, 4) is 5.75 Å². The normalized spacial score (nSPS) is 12.2. The lowest BCUT2D eigenvalue weighted by atomic mass is 10.1. The topological polar surface area (TPSA) is 65.5 Å². The predicted molar refractivity (Wildman–Crippen MR) is 76.1 cm³/mol. The van der Waals surface area contributed by atoms with Crippen molar-refractivity contribution >= 4 is 40.7 Å². The number of ether oxygens (including phenoxy) is 1. The average Bonchev–Trinajstić information content (AvgIpc) is 2.90. The van der Waals surface area contributed by atoms with E-state index in [0.29, 0.717) is 21.4 Å². The van der Waals surface area contributed by atoms with Crippen molar-refractivity contribution in [3.63, 3.8) is 0 Å². The molecule has 0 saturated carbocycles. The minimum absolute atomic E-state index is 0.210. The highest BCUT2D eigenvalue weighted by molar-refractivity contribution is 6.36. The molecule has 0 aliphatic carbocycles. The second-order valence-corrected chi connectivity index (χ2v) is 5.05. The van der Waals surface area contributed by atoms with E-state index in [1.54, 1.807) is 0 Å². The molecule has 0 fully saturated rings. The SMILES string of the molecule is COc1cc(Cl)c(C(Cl)c2ccc([N+](=O)[O-])o2)cc1Cl. The fourth-order valence-electron chi connectivity index (χ4n) is 1.62. The van der Waals surface area contributed by atoms with Crippen LogP contribution in [-0.2, 0) is 0 Å². The van der Waals surface area contributed by atoms with Crippen molar-refractivity contribution in [1.29, 1.82) is 0 Å². The van der Waals surface area contributed by atoms with Crippen molar-refractivity contribution < 1.29 is 14.1 Å². The van der Waals surface area contributed by atoms with Gasteiger partial charge in [-0.2, -0.15) is 0 Å². The molecule has 0 aliphatic rings. The van der Waals surface area contributed by atoms with Gasteiger partial charge in [0.15, 0.2) is 0 Å². The maximum atomic E-state index is 10.6. The molecule has 2 rings (SSSR count). The Morgan fingerprint density at radius 2 is 2.00 bits per heavy atom. The highest BCUT2D eigenvalue weighted by Crippen LogP contribution is 2.40. The van der Waals surface area contributed by atoms with Crippen LogP contribution in [0.5, 0.6) is 5.75 Å². The van der Waals surface area contributed by atoms with E-state index >= 15 is 0 Å². The van der Waals surface area contributed by atoms with E-state index in [2.05, 4.69) is 0 Å². The van der Waals surface area contributed by atoms with Crippen molar-refractivity contribution in [2.45, 2.75) is 5.38 Å². The van der Waals surface area contributed by atoms with Crippen LogP contribution in [0.25, 0.3) is 0 Å². The van der Waals surface area contributed by atoms with Gasteiger partial charge < -0.3 is 9.15 Å². The summed E-state index contributed by atoms with van der Waals surface area (Å²) < 4.78 is 10.1. The molecule has 0 aliphatic heterocycles. The van der Waals surface area contributed by atoms with Crippen LogP contribution in [-0.4, -0.2) is 12.0 Å². The van der Waals surface area contributed by atoms with Gasteiger partial charge in [0.2, 0.25) is 0 Å². The molecule has 0 bridgehead atoms. The quantitative estimate of drug-likeness (QED) is 0.455. The van der Waals surface area contributed by atoms with Crippen molar-refractivity contribution in [2.75, 3.05) is 7.11 Å². The van der Waals surface area contributed by atoms with E-state index in [4.69, 9.17) is 44.0 Å². The van der Waals surface area contributed by atoms with Gasteiger partial charge in [-0.15, -0.1) is 11.6 Å². The summed E-state index contributed by atoms with van der Waals surface area (Å²) in [4.78, 5) is 9.94. The predicted octanol–water partition coefficient (Wildman–Crippen LogP) is 4.83. The molecule has 1 heterocycles. The molecule has 2 aromatic rings. The second-order valence-electron chi connectivity index (χ2n) is 3.80. The van der Waals surface area contributed by atoms with Gasteiger partial charge in [0.1, 0.15) is 21.8 Å². The van der Waals surface area contributed by atoms with Crippen LogP contribution in [0.2, 0.25) is 10.0 Å². The third-order valence-electron chi connectivity index (χ3n) is 2.59. The van der Waals surface area contributed by atoms with Gasteiger partial charge >= 0.3 is 5.88 Å². The zero-order valence-electron chi connectivity index (χ0n) is 10.1. The number of rotatable bonds is 4. The zero-order chi connectivity index (χ0) is 14.9. The first kappa shape index (κ1) is 15.0. The van der Waals surface area contributed by atoms with E-state index in [-0.39, 0.29) is 11.6 Å². The van der Waals surface area contributed by atoms with E-state index in [0.717, 1.165) is 0 Å². The van der Waals surface area contributed by atoms with Gasteiger partial charge in [0.05, 0.1) is 18.2 Å². The summed E-state index contributed by atoms with van der Waals surface area (Å²) in [7, 11) is 1.46. The van der Waals surface area contributed by atoms with Gasteiger partial charge in [-0.05, 0) is 17.7 Å². The molecule has 5 nitrogen and oxygen atoms in total. The molecule has 1 atom stereocenters. The van der Waals surface area contributed by atoms with E-state index < -0.39 is 10.3 Å². The van der Waals surface area contributed by atoms with E-state index in [1.807, 2.05) is 0 Å². The van der Waals surface area contributed by atoms with Crippen LogP contribution in [0.15, 0.2) is 28.7 Å². The number of hydrogen-bond acceptors (Lipinski definition) is 4. The number of alkyl halides is 1. The highest BCUT2D eigenvalue weighted by atomic mass is 35.5. The Hall–Kier alpha value is -1.43. The van der Waals surface area contributed by atoms with Crippen LogP contribution in [0.3, 0.4) is 0 Å². The van der Waals surface area contributed by atoms with Crippen LogP contribution >= 0.6 is 34.8 Å². The van der Waals surface area contributed by atoms with Crippen LogP contribution in [0.1, 0.15) is 16.7 Å². The van der Waals surface area contributed by atoms with Crippen molar-refractivity contribution in [2.24, 2.45) is 0 Å². The monoisotopic (exact) mass is 335 g/mol. The minimum Gasteiger partial charge on any atom is -0.495 e. The molecule has 1 unspecified atom stereocenters. The number of methoxy groups -OCH3 is 1. The standard InChI is InChI=1S/C12H8Cl3NO4/c1-19-10-5-7(13)6(4-8(10)14)12(15)9-2-3-11(20-9)16(17)18/h2-5,12H,1H3. The Morgan fingerprint density at radius 3 is 2.55 bits per heavy atom. The first-order valence-corrected chi connectivity index (χ1v) is 6.54. The minimum atomic E-state index is -0.792. The number of furan rings is 1. The van der Waals surface area contributed by atoms with Gasteiger partial charge in [-0.1, -0.05) is 23.2 Å². The average molecular weight is 337 g/mol. The number of nitro groups is 1. The summed E-state index contributed by atoms with van der Waals surface area (Å²) in [6.45, 7) is 0. The maximum Gasteiger partial charge on any atom is 0.433 e. The lowest BCUT2D eigenvalue weighted by molar-refractivity contribution is -0.402. The first-order valence-electron chi connectivity index (χ1n) is 5.35. The third-order valence-corrected chi connectivity index (χ3v) is 3.66. The second kappa shape index (κ2) is 5.91. The van der Waals surface area contributed by atoms with Crippen LogP contribution < -0.4 is 4.74 Å². The molecule has 1 aromatic carbocycles. The first-order chi connectivity index (χ1) is 9.43. The summed E-state index contributed by atoms with van der Waals surface area (Å²) in [6, 6.07) is 5.70. The maximum absolute atomic E-state index is 10.6. The molecule has 1 aromatic heterocycles. The zero-order valence-corrected chi connectivity index (χ0v) is 12.4. The fourth-order valence-corrected chi connectivity index (χ4v) is 2.49. The van der Waals surface area contributed by atoms with Gasteiger partial charge in [-0.3, -0.25) is 10.1 Å². The molecule has 106 valence electrons. The summed E-state index contributed by atoms with van der Waals surface area (Å²) in [5.41, 5.74) is 0.475. The summed E-state index contributed by atoms with van der Waals surface area (Å²) >= 11 is 18.3. The Bertz CT molecular complexity index is 656. The lowest BCUT2D eigenvalue weighted by Crippen LogP contribution is -1.95. The molecule has 0 amide bonds. The Balaban J connectivity index is 2.39. The molecule has 0 N–H and O–H groups in total. The summed E-state index contributed by atoms with van der Waals surface area (Å²) in [5.74, 6) is 0.234. The number of hydrogen-bond donors (Lipinski definition) is 0. The summed E-state index contributed by atoms with van der Waals surface area (Å²) in [6.07, 6.45) is 0. The molecule has 0 spiro atoms. The largest absolute Gasteiger partial charge is 0.495 e. The molecule has 20 heavy (non-hydrogen) atoms. The van der Waals surface area contributed by atoms with E-state index in [9.17, 15) is 10.1 Å². The molecule has 0 saturated heterocycles. The molecule has 8 heteroatoms. The molecular formula is C12H8Cl3NO4. The van der Waals surface area contributed by atoms with Gasteiger partial charge in [-0.25, -0.2) is 0 Å². The molecule has 0 radical (unpaired) electrons. The van der Waals surface area contributed by atoms with Gasteiger partial charge in [0, 0.05) is 11.1 Å². The number of benzene rings is 1. The van der Waals surface area contributed by atoms with E-state index in [1.165, 1.54) is 31.4 Å². The van der Waals surface area contributed by atoms with Crippen LogP contribution in [0.4, 0.5) is 5.88 Å². The summed E-state index contributed by atoms with van der Waals surface area (Å²) in [5, 5.41) is 10.4. The van der Waals surface area contributed by atoms with Crippen LogP contribution in [0, 0.1) is 10.1 Å². The lowest BCUT2D eigenvalue weighted by Gasteiger charge is -2.12. The number of nitrogens with zero attached hydrogens (tertiary/aromatic N) is 1. The highest BCUT2D eigenvalue weighted by Gasteiger charge is 2.22. The Morgan fingerprint density at radius 1 is 1.30 bits per heavy atom. The Labute approximate surface area is 129 Å². The molecular weight excluding hydrogens is 328 g/mol. The third kappa shape index (κ3) is 2.85. The smallest absolute Gasteiger partial charge is 0.433 e. The van der Waals surface area contributed by atoms with Crippen molar-refractivity contribution in [1.82, 2.24) is 0 Å². The van der Waals surface area contributed by atoms with Crippen molar-refractivity contribution in [3.05, 3.63) is 55.7 Å².